The molecule has 94 valence electrons. The van der Waals surface area contributed by atoms with E-state index in [-0.39, 0.29) is 0 Å². The Hall–Kier alpha value is -0.580. The van der Waals surface area contributed by atoms with Crippen molar-refractivity contribution in [2.45, 2.75) is 19.1 Å². The molecule has 0 aliphatic carbocycles. The molecule has 1 atom stereocenters. The van der Waals surface area contributed by atoms with Crippen molar-refractivity contribution in [2.75, 3.05) is 32.1 Å². The van der Waals surface area contributed by atoms with Crippen molar-refractivity contribution >= 4 is 21.6 Å². The van der Waals surface area contributed by atoms with Crippen LogP contribution in [0.2, 0.25) is 0 Å². The van der Waals surface area contributed by atoms with Gasteiger partial charge in [0.25, 0.3) is 0 Å². The predicted octanol–water partition coefficient (Wildman–Crippen LogP) is 2.39. The van der Waals surface area contributed by atoms with Gasteiger partial charge in [-0.25, -0.2) is 0 Å². The van der Waals surface area contributed by atoms with Crippen molar-refractivity contribution in [1.29, 1.82) is 0 Å². The second-order valence-corrected chi connectivity index (χ2v) is 5.31. The van der Waals surface area contributed by atoms with Gasteiger partial charge in [-0.3, -0.25) is 0 Å². The number of halogens is 1. The lowest BCUT2D eigenvalue weighted by molar-refractivity contribution is 0.121. The number of nitrogens with one attached hydrogen (secondary N) is 1. The quantitative estimate of drug-likeness (QED) is 0.924. The van der Waals surface area contributed by atoms with Crippen LogP contribution in [0.5, 0.6) is 0 Å². The van der Waals surface area contributed by atoms with E-state index in [4.69, 9.17) is 4.74 Å². The summed E-state index contributed by atoms with van der Waals surface area (Å²) in [5, 5.41) is 3.22. The maximum Gasteiger partial charge on any atom is 0.0762 e. The van der Waals surface area contributed by atoms with Crippen LogP contribution >= 0.6 is 15.9 Å². The first-order valence-corrected chi connectivity index (χ1v) is 6.74. The van der Waals surface area contributed by atoms with E-state index in [0.29, 0.717) is 6.10 Å². The molecule has 17 heavy (non-hydrogen) atoms. The zero-order valence-electron chi connectivity index (χ0n) is 10.4. The fraction of sp³-hybridized carbons (Fsp3) is 0.538. The van der Waals surface area contributed by atoms with Gasteiger partial charge in [-0.05, 0) is 31.2 Å². The number of hydrogen-bond acceptors (Lipinski definition) is 3. The molecule has 1 aromatic rings. The van der Waals surface area contributed by atoms with Crippen molar-refractivity contribution in [2.24, 2.45) is 0 Å². The van der Waals surface area contributed by atoms with Gasteiger partial charge in [-0.15, -0.1) is 0 Å². The molecule has 1 aromatic carbocycles. The normalized spacial score (nSPS) is 19.9. The molecule has 0 aromatic heterocycles. The third kappa shape index (κ3) is 3.00. The summed E-state index contributed by atoms with van der Waals surface area (Å²) in [5.41, 5.74) is 2.65. The Morgan fingerprint density at radius 2 is 2.35 bits per heavy atom. The maximum atomic E-state index is 5.42. The van der Waals surface area contributed by atoms with Crippen molar-refractivity contribution in [3.05, 3.63) is 28.2 Å². The highest BCUT2D eigenvalue weighted by molar-refractivity contribution is 9.10. The summed E-state index contributed by atoms with van der Waals surface area (Å²) in [6.07, 6.45) is 1.48. The monoisotopic (exact) mass is 298 g/mol. The highest BCUT2D eigenvalue weighted by atomic mass is 79.9. The van der Waals surface area contributed by atoms with Crippen LogP contribution in [0.15, 0.2) is 22.7 Å². The molecule has 0 bridgehead atoms. The fourth-order valence-electron chi connectivity index (χ4n) is 2.31. The highest BCUT2D eigenvalue weighted by Crippen LogP contribution is 2.28. The minimum Gasteiger partial charge on any atom is -0.380 e. The van der Waals surface area contributed by atoms with Crippen LogP contribution in [0.3, 0.4) is 0 Å². The number of anilines is 1. The molecule has 1 heterocycles. The molecule has 0 radical (unpaired) electrons. The smallest absolute Gasteiger partial charge is 0.0762 e. The molecular weight excluding hydrogens is 280 g/mol. The molecule has 3 nitrogen and oxygen atoms in total. The molecule has 1 fully saturated rings. The van der Waals surface area contributed by atoms with E-state index in [1.807, 2.05) is 7.05 Å². The van der Waals surface area contributed by atoms with E-state index >= 15 is 0 Å². The summed E-state index contributed by atoms with van der Waals surface area (Å²) < 4.78 is 6.56. The molecule has 1 saturated heterocycles. The number of ether oxygens (including phenoxy) is 1. The van der Waals surface area contributed by atoms with Crippen molar-refractivity contribution in [3.8, 4) is 0 Å². The third-order valence-corrected chi connectivity index (χ3v) is 3.73. The summed E-state index contributed by atoms with van der Waals surface area (Å²) in [6.45, 7) is 2.96. The summed E-state index contributed by atoms with van der Waals surface area (Å²) in [7, 11) is 3.78. The van der Waals surface area contributed by atoms with Crippen LogP contribution in [0.1, 0.15) is 12.0 Å². The molecule has 0 saturated carbocycles. The van der Waals surface area contributed by atoms with Gasteiger partial charge in [-0.2, -0.15) is 0 Å². The highest BCUT2D eigenvalue weighted by Gasteiger charge is 2.23. The topological polar surface area (TPSA) is 24.5 Å². The Kier molecular flexibility index (Phi) is 4.42. The van der Waals surface area contributed by atoms with Gasteiger partial charge in [0.1, 0.15) is 0 Å². The Bertz CT molecular complexity index is 384. The SMILES string of the molecule is CNCc1ccc(Br)cc1N1CCC(OC)C1. The summed E-state index contributed by atoms with van der Waals surface area (Å²) >= 11 is 3.55. The molecule has 0 spiro atoms. The molecule has 4 heteroatoms. The van der Waals surface area contributed by atoms with E-state index in [0.717, 1.165) is 30.5 Å². The van der Waals surface area contributed by atoms with Gasteiger partial charge in [0, 0.05) is 36.9 Å². The van der Waals surface area contributed by atoms with Crippen LogP contribution in [-0.4, -0.2) is 33.4 Å². The first kappa shape index (κ1) is 12.9. The maximum absolute atomic E-state index is 5.42. The van der Waals surface area contributed by atoms with Gasteiger partial charge in [0.2, 0.25) is 0 Å². The predicted molar refractivity (Wildman–Crippen MR) is 74.5 cm³/mol. The number of nitrogens with zero attached hydrogens (tertiary/aromatic N) is 1. The third-order valence-electron chi connectivity index (χ3n) is 3.23. The van der Waals surface area contributed by atoms with Crippen LogP contribution < -0.4 is 10.2 Å². The molecule has 1 aliphatic rings. The van der Waals surface area contributed by atoms with Crippen LogP contribution in [-0.2, 0) is 11.3 Å². The Morgan fingerprint density at radius 1 is 1.53 bits per heavy atom. The van der Waals surface area contributed by atoms with Crippen molar-refractivity contribution < 1.29 is 4.74 Å². The minimum atomic E-state index is 0.372. The van der Waals surface area contributed by atoms with Gasteiger partial charge < -0.3 is 15.0 Å². The van der Waals surface area contributed by atoms with E-state index in [9.17, 15) is 0 Å². The second-order valence-electron chi connectivity index (χ2n) is 4.40. The second kappa shape index (κ2) is 5.85. The zero-order chi connectivity index (χ0) is 12.3. The average Bonchev–Trinajstić information content (AvgIpc) is 2.80. The van der Waals surface area contributed by atoms with Gasteiger partial charge in [0.05, 0.1) is 6.10 Å². The fourth-order valence-corrected chi connectivity index (χ4v) is 2.66. The van der Waals surface area contributed by atoms with Crippen molar-refractivity contribution in [3.63, 3.8) is 0 Å². The Labute approximate surface area is 111 Å². The number of methoxy groups -OCH3 is 1. The van der Waals surface area contributed by atoms with E-state index in [2.05, 4.69) is 44.3 Å². The lowest BCUT2D eigenvalue weighted by Crippen LogP contribution is -2.24. The first-order chi connectivity index (χ1) is 8.24. The standard InChI is InChI=1S/C13H19BrN2O/c1-15-8-10-3-4-11(14)7-13(10)16-6-5-12(9-16)17-2/h3-4,7,12,15H,5-6,8-9H2,1-2H3. The van der Waals surface area contributed by atoms with E-state index in [1.165, 1.54) is 11.3 Å². The first-order valence-electron chi connectivity index (χ1n) is 5.95. The summed E-state index contributed by atoms with van der Waals surface area (Å²) in [4.78, 5) is 2.41. The molecule has 2 rings (SSSR count). The van der Waals surface area contributed by atoms with Crippen LogP contribution in [0.4, 0.5) is 5.69 Å². The summed E-state index contributed by atoms with van der Waals surface area (Å²) in [6, 6.07) is 6.47. The molecule has 0 amide bonds. The molecular formula is C13H19BrN2O. The van der Waals surface area contributed by atoms with E-state index < -0.39 is 0 Å². The molecule has 1 aliphatic heterocycles. The number of benzene rings is 1. The largest absolute Gasteiger partial charge is 0.380 e. The van der Waals surface area contributed by atoms with Gasteiger partial charge >= 0.3 is 0 Å². The number of hydrogen-bond donors (Lipinski definition) is 1. The average molecular weight is 299 g/mol. The van der Waals surface area contributed by atoms with E-state index in [1.54, 1.807) is 7.11 Å². The lowest BCUT2D eigenvalue weighted by Gasteiger charge is -2.22. The Balaban J connectivity index is 2.21. The number of rotatable bonds is 4. The molecule has 1 N–H and O–H groups in total. The minimum absolute atomic E-state index is 0.372. The van der Waals surface area contributed by atoms with Crippen LogP contribution in [0, 0.1) is 0 Å². The van der Waals surface area contributed by atoms with Crippen LogP contribution in [0.25, 0.3) is 0 Å². The van der Waals surface area contributed by atoms with Crippen molar-refractivity contribution in [1.82, 2.24) is 5.32 Å². The van der Waals surface area contributed by atoms with Gasteiger partial charge in [0.15, 0.2) is 0 Å². The van der Waals surface area contributed by atoms with Gasteiger partial charge in [-0.1, -0.05) is 22.0 Å². The summed E-state index contributed by atoms with van der Waals surface area (Å²) in [5.74, 6) is 0. The molecule has 1 unspecified atom stereocenters. The Morgan fingerprint density at radius 3 is 3.00 bits per heavy atom. The lowest BCUT2D eigenvalue weighted by atomic mass is 10.1. The zero-order valence-corrected chi connectivity index (χ0v) is 12.0.